The Hall–Kier alpha value is -1.81. The number of nitrogens with zero attached hydrogens (tertiary/aromatic N) is 2. The highest BCUT2D eigenvalue weighted by Gasteiger charge is 2.23. The van der Waals surface area contributed by atoms with E-state index >= 15 is 0 Å². The number of methoxy groups -OCH3 is 1. The van der Waals surface area contributed by atoms with Crippen LogP contribution in [0, 0.1) is 0 Å². The average Bonchev–Trinajstić information content (AvgIpc) is 2.92. The molecule has 2 aromatic carbocycles. The molecule has 1 atom stereocenters. The summed E-state index contributed by atoms with van der Waals surface area (Å²) >= 11 is 3.55. The summed E-state index contributed by atoms with van der Waals surface area (Å²) in [6.07, 6.45) is 1.90. The van der Waals surface area contributed by atoms with Gasteiger partial charge >= 0.3 is 0 Å². The summed E-state index contributed by atoms with van der Waals surface area (Å²) in [5.41, 5.74) is 3.80. The first kappa shape index (κ1) is 17.0. The SMILES string of the molecule is COc1ccc(Br)cc1CCc1ccccc1C1=NCC(C)N1C. The van der Waals surface area contributed by atoms with Gasteiger partial charge < -0.3 is 9.64 Å². The summed E-state index contributed by atoms with van der Waals surface area (Å²) in [5.74, 6) is 2.05. The molecule has 0 aromatic heterocycles. The summed E-state index contributed by atoms with van der Waals surface area (Å²) in [6.45, 7) is 3.09. The molecule has 24 heavy (non-hydrogen) atoms. The monoisotopic (exact) mass is 386 g/mol. The number of aliphatic imine (C=N–C) groups is 1. The first-order valence-electron chi connectivity index (χ1n) is 8.28. The van der Waals surface area contributed by atoms with Crippen LogP contribution >= 0.6 is 15.9 Å². The molecule has 0 amide bonds. The Morgan fingerprint density at radius 1 is 1.17 bits per heavy atom. The fourth-order valence-corrected chi connectivity index (χ4v) is 3.51. The van der Waals surface area contributed by atoms with Crippen molar-refractivity contribution in [3.8, 4) is 5.75 Å². The van der Waals surface area contributed by atoms with Gasteiger partial charge in [-0.15, -0.1) is 0 Å². The van der Waals surface area contributed by atoms with Gasteiger partial charge in [0.1, 0.15) is 11.6 Å². The van der Waals surface area contributed by atoms with E-state index in [9.17, 15) is 0 Å². The summed E-state index contributed by atoms with van der Waals surface area (Å²) in [6, 6.07) is 15.2. The van der Waals surface area contributed by atoms with E-state index in [4.69, 9.17) is 9.73 Å². The van der Waals surface area contributed by atoms with Crippen LogP contribution in [0.4, 0.5) is 0 Å². The topological polar surface area (TPSA) is 24.8 Å². The second kappa shape index (κ2) is 7.39. The highest BCUT2D eigenvalue weighted by molar-refractivity contribution is 9.10. The number of benzene rings is 2. The van der Waals surface area contributed by atoms with Crippen LogP contribution in [0.25, 0.3) is 0 Å². The van der Waals surface area contributed by atoms with E-state index in [0.29, 0.717) is 6.04 Å². The van der Waals surface area contributed by atoms with Crippen LogP contribution < -0.4 is 4.74 Å². The van der Waals surface area contributed by atoms with Crippen molar-refractivity contribution < 1.29 is 4.74 Å². The molecule has 0 bridgehead atoms. The zero-order valence-electron chi connectivity index (χ0n) is 14.4. The standard InChI is InChI=1S/C20H23BrN2O/c1-14-13-22-20(23(14)2)18-7-5-4-6-15(18)8-9-16-12-17(21)10-11-19(16)24-3/h4-7,10-12,14H,8-9,13H2,1-3H3. The predicted octanol–water partition coefficient (Wildman–Crippen LogP) is 4.32. The van der Waals surface area contributed by atoms with E-state index in [0.717, 1.165) is 35.4 Å². The summed E-state index contributed by atoms with van der Waals surface area (Å²) in [5, 5.41) is 0. The molecule has 3 nitrogen and oxygen atoms in total. The molecule has 0 aliphatic carbocycles. The lowest BCUT2D eigenvalue weighted by atomic mass is 9.98. The Balaban J connectivity index is 1.83. The number of likely N-dealkylation sites (N-methyl/N-ethyl adjacent to an activating group) is 1. The maximum atomic E-state index is 5.50. The van der Waals surface area contributed by atoms with Gasteiger partial charge in [-0.25, -0.2) is 0 Å². The summed E-state index contributed by atoms with van der Waals surface area (Å²) in [7, 11) is 3.86. The van der Waals surface area contributed by atoms with E-state index < -0.39 is 0 Å². The molecule has 3 rings (SSSR count). The van der Waals surface area contributed by atoms with Crippen molar-refractivity contribution in [1.82, 2.24) is 4.90 Å². The molecule has 0 fully saturated rings. The molecule has 0 N–H and O–H groups in total. The average molecular weight is 387 g/mol. The molecule has 0 saturated heterocycles. The fourth-order valence-electron chi connectivity index (χ4n) is 3.10. The van der Waals surface area contributed by atoms with Crippen LogP contribution in [0.15, 0.2) is 51.9 Å². The molecule has 0 saturated carbocycles. The largest absolute Gasteiger partial charge is 0.496 e. The number of amidine groups is 1. The summed E-state index contributed by atoms with van der Waals surface area (Å²) < 4.78 is 6.58. The Kier molecular flexibility index (Phi) is 5.24. The Bertz CT molecular complexity index is 757. The number of ether oxygens (including phenoxy) is 1. The highest BCUT2D eigenvalue weighted by atomic mass is 79.9. The first-order chi connectivity index (χ1) is 11.6. The van der Waals surface area contributed by atoms with Crippen LogP contribution in [0.5, 0.6) is 5.75 Å². The molecule has 1 aliphatic heterocycles. The zero-order chi connectivity index (χ0) is 17.1. The lowest BCUT2D eigenvalue weighted by molar-refractivity contribution is 0.409. The Morgan fingerprint density at radius 3 is 2.62 bits per heavy atom. The van der Waals surface area contributed by atoms with Gasteiger partial charge in [-0.3, -0.25) is 4.99 Å². The zero-order valence-corrected chi connectivity index (χ0v) is 16.0. The van der Waals surface area contributed by atoms with Crippen molar-refractivity contribution in [3.63, 3.8) is 0 Å². The van der Waals surface area contributed by atoms with Gasteiger partial charge in [-0.05, 0) is 49.1 Å². The second-order valence-corrected chi connectivity index (χ2v) is 7.15. The number of halogens is 1. The lowest BCUT2D eigenvalue weighted by Gasteiger charge is -2.21. The normalized spacial score (nSPS) is 17.1. The van der Waals surface area contributed by atoms with Gasteiger partial charge in [0.15, 0.2) is 0 Å². The number of hydrogen-bond acceptors (Lipinski definition) is 3. The van der Waals surface area contributed by atoms with Crippen molar-refractivity contribution in [1.29, 1.82) is 0 Å². The third-order valence-corrected chi connectivity index (χ3v) is 5.16. The van der Waals surface area contributed by atoms with Crippen LogP contribution in [0.1, 0.15) is 23.6 Å². The van der Waals surface area contributed by atoms with Gasteiger partial charge in [-0.2, -0.15) is 0 Å². The van der Waals surface area contributed by atoms with Gasteiger partial charge in [0.2, 0.25) is 0 Å². The quantitative estimate of drug-likeness (QED) is 0.763. The lowest BCUT2D eigenvalue weighted by Crippen LogP contribution is -2.31. The molecule has 1 unspecified atom stereocenters. The molecule has 2 aromatic rings. The second-order valence-electron chi connectivity index (χ2n) is 6.24. The van der Waals surface area contributed by atoms with Crippen molar-refractivity contribution in [3.05, 3.63) is 63.6 Å². The molecular formula is C20H23BrN2O. The Morgan fingerprint density at radius 2 is 1.92 bits per heavy atom. The van der Waals surface area contributed by atoms with E-state index in [1.54, 1.807) is 7.11 Å². The van der Waals surface area contributed by atoms with E-state index in [2.05, 4.69) is 65.1 Å². The first-order valence-corrected chi connectivity index (χ1v) is 9.07. The van der Waals surface area contributed by atoms with Gasteiger partial charge in [0.25, 0.3) is 0 Å². The maximum Gasteiger partial charge on any atom is 0.131 e. The van der Waals surface area contributed by atoms with Gasteiger partial charge in [-0.1, -0.05) is 40.2 Å². The fraction of sp³-hybridized carbons (Fsp3) is 0.350. The Labute approximate surface area is 152 Å². The smallest absolute Gasteiger partial charge is 0.131 e. The van der Waals surface area contributed by atoms with Crippen LogP contribution in [0.3, 0.4) is 0 Å². The third-order valence-electron chi connectivity index (χ3n) is 4.66. The van der Waals surface area contributed by atoms with E-state index in [-0.39, 0.29) is 0 Å². The van der Waals surface area contributed by atoms with Crippen molar-refractivity contribution in [2.45, 2.75) is 25.8 Å². The molecule has 4 heteroatoms. The predicted molar refractivity (Wildman–Crippen MR) is 103 cm³/mol. The minimum absolute atomic E-state index is 0.471. The minimum atomic E-state index is 0.471. The molecule has 1 heterocycles. The number of aryl methyl sites for hydroxylation is 2. The van der Waals surface area contributed by atoms with Gasteiger partial charge in [0, 0.05) is 23.1 Å². The number of rotatable bonds is 5. The van der Waals surface area contributed by atoms with Crippen LogP contribution in [-0.4, -0.2) is 37.5 Å². The maximum absolute atomic E-state index is 5.50. The van der Waals surface area contributed by atoms with Crippen molar-refractivity contribution in [2.75, 3.05) is 20.7 Å². The third kappa shape index (κ3) is 3.48. The van der Waals surface area contributed by atoms with Crippen molar-refractivity contribution >= 4 is 21.8 Å². The summed E-state index contributed by atoms with van der Waals surface area (Å²) in [4.78, 5) is 7.02. The van der Waals surface area contributed by atoms with Crippen molar-refractivity contribution in [2.24, 2.45) is 4.99 Å². The molecule has 0 radical (unpaired) electrons. The van der Waals surface area contributed by atoms with Gasteiger partial charge in [0.05, 0.1) is 13.7 Å². The van der Waals surface area contributed by atoms with Crippen LogP contribution in [0.2, 0.25) is 0 Å². The molecule has 1 aliphatic rings. The van der Waals surface area contributed by atoms with E-state index in [1.807, 2.05) is 12.1 Å². The molecule has 126 valence electrons. The molecular weight excluding hydrogens is 364 g/mol. The van der Waals surface area contributed by atoms with Crippen LogP contribution in [-0.2, 0) is 12.8 Å². The molecule has 0 spiro atoms. The van der Waals surface area contributed by atoms with E-state index in [1.165, 1.54) is 16.7 Å². The highest BCUT2D eigenvalue weighted by Crippen LogP contribution is 2.26. The minimum Gasteiger partial charge on any atom is -0.496 e. The number of hydrogen-bond donors (Lipinski definition) is 0.